The van der Waals surface area contributed by atoms with E-state index in [-0.39, 0.29) is 6.42 Å². The van der Waals surface area contributed by atoms with Crippen molar-refractivity contribution >= 4 is 17.9 Å². The van der Waals surface area contributed by atoms with Crippen LogP contribution in [0.25, 0.3) is 0 Å². The molecule has 0 bridgehead atoms. The van der Waals surface area contributed by atoms with Crippen LogP contribution in [0.1, 0.15) is 20.3 Å². The Balaban J connectivity index is 2.72. The number of carbonyl (C=O) groups excluding carboxylic acids is 2. The van der Waals surface area contributed by atoms with E-state index in [1.54, 1.807) is 0 Å². The second-order valence-electron chi connectivity index (χ2n) is 3.68. The number of hydrogen-bond donors (Lipinski definition) is 3. The molecule has 0 unspecified atom stereocenters. The normalized spacial score (nSPS) is 28.1. The number of urea groups is 1. The van der Waals surface area contributed by atoms with E-state index in [1.165, 1.54) is 13.8 Å². The van der Waals surface area contributed by atoms with Crippen LogP contribution in [0.5, 0.6) is 0 Å². The molecule has 0 aliphatic carbocycles. The van der Waals surface area contributed by atoms with Crippen LogP contribution in [0.4, 0.5) is 4.79 Å². The Labute approximate surface area is 80.7 Å². The summed E-state index contributed by atoms with van der Waals surface area (Å²) in [5.74, 6) is -2.14. The first-order valence-electron chi connectivity index (χ1n) is 4.21. The van der Waals surface area contributed by atoms with Gasteiger partial charge in [0.1, 0.15) is 5.54 Å². The van der Waals surface area contributed by atoms with Gasteiger partial charge in [-0.1, -0.05) is 6.92 Å². The van der Waals surface area contributed by atoms with Crippen molar-refractivity contribution in [3.63, 3.8) is 0 Å². The van der Waals surface area contributed by atoms with Crippen molar-refractivity contribution in [2.24, 2.45) is 5.92 Å². The number of carboxylic acids is 1. The monoisotopic (exact) mass is 200 g/mol. The van der Waals surface area contributed by atoms with Crippen LogP contribution in [-0.4, -0.2) is 28.6 Å². The van der Waals surface area contributed by atoms with E-state index < -0.39 is 29.4 Å². The van der Waals surface area contributed by atoms with Crippen molar-refractivity contribution in [1.29, 1.82) is 0 Å². The van der Waals surface area contributed by atoms with Gasteiger partial charge in [-0.05, 0) is 13.3 Å². The molecule has 0 aromatic heterocycles. The fourth-order valence-corrected chi connectivity index (χ4v) is 1.42. The zero-order valence-electron chi connectivity index (χ0n) is 7.96. The van der Waals surface area contributed by atoms with Crippen LogP contribution < -0.4 is 10.6 Å². The molecule has 1 rings (SSSR count). The van der Waals surface area contributed by atoms with E-state index in [9.17, 15) is 14.4 Å². The molecule has 1 fully saturated rings. The lowest BCUT2D eigenvalue weighted by Gasteiger charge is -2.22. The Kier molecular flexibility index (Phi) is 2.46. The van der Waals surface area contributed by atoms with Crippen molar-refractivity contribution in [3.8, 4) is 0 Å². The van der Waals surface area contributed by atoms with Gasteiger partial charge in [0.2, 0.25) is 0 Å². The topological polar surface area (TPSA) is 95.5 Å². The summed E-state index contributed by atoms with van der Waals surface area (Å²) in [5, 5.41) is 13.1. The predicted octanol–water partition coefficient (Wildman–Crippen LogP) is -0.305. The molecule has 0 aromatic rings. The smallest absolute Gasteiger partial charge is 0.322 e. The molecule has 1 heterocycles. The summed E-state index contributed by atoms with van der Waals surface area (Å²) in [4.78, 5) is 32.7. The van der Waals surface area contributed by atoms with Gasteiger partial charge >= 0.3 is 12.0 Å². The number of carboxylic acid groups (broad SMARTS) is 1. The van der Waals surface area contributed by atoms with Gasteiger partial charge in [-0.2, -0.15) is 0 Å². The van der Waals surface area contributed by atoms with Crippen molar-refractivity contribution in [2.75, 3.05) is 0 Å². The lowest BCUT2D eigenvalue weighted by Crippen LogP contribution is -2.45. The van der Waals surface area contributed by atoms with E-state index in [4.69, 9.17) is 5.11 Å². The lowest BCUT2D eigenvalue weighted by atomic mass is 9.90. The molecule has 3 N–H and O–H groups in total. The van der Waals surface area contributed by atoms with Gasteiger partial charge < -0.3 is 10.4 Å². The molecule has 78 valence electrons. The highest BCUT2D eigenvalue weighted by Gasteiger charge is 2.43. The SMILES string of the molecule is C[C@H](C[C@]1(C)NC(=O)NC1=O)C(=O)O. The number of rotatable bonds is 3. The maximum Gasteiger partial charge on any atom is 0.322 e. The number of amides is 3. The molecule has 6 nitrogen and oxygen atoms in total. The van der Waals surface area contributed by atoms with E-state index in [2.05, 4.69) is 10.6 Å². The van der Waals surface area contributed by atoms with Crippen LogP contribution in [0, 0.1) is 5.92 Å². The van der Waals surface area contributed by atoms with E-state index in [0.29, 0.717) is 0 Å². The lowest BCUT2D eigenvalue weighted by molar-refractivity contribution is -0.142. The minimum Gasteiger partial charge on any atom is -0.481 e. The molecule has 0 saturated carbocycles. The zero-order valence-corrected chi connectivity index (χ0v) is 7.96. The van der Waals surface area contributed by atoms with Gasteiger partial charge in [0, 0.05) is 0 Å². The average Bonchev–Trinajstić information content (AvgIpc) is 2.25. The summed E-state index contributed by atoms with van der Waals surface area (Å²) in [7, 11) is 0. The third-order valence-corrected chi connectivity index (χ3v) is 2.25. The van der Waals surface area contributed by atoms with Crippen LogP contribution in [0.2, 0.25) is 0 Å². The number of carbonyl (C=O) groups is 3. The van der Waals surface area contributed by atoms with Crippen molar-refractivity contribution in [2.45, 2.75) is 25.8 Å². The van der Waals surface area contributed by atoms with E-state index >= 15 is 0 Å². The standard InChI is InChI=1S/C8H12N2O4/c1-4(5(11)12)3-8(2)6(13)9-7(14)10-8/h4H,3H2,1-2H3,(H,11,12)(H2,9,10,13,14)/t4-,8+/m1/s1. The largest absolute Gasteiger partial charge is 0.481 e. The third-order valence-electron chi connectivity index (χ3n) is 2.25. The van der Waals surface area contributed by atoms with Gasteiger partial charge in [-0.15, -0.1) is 0 Å². The first-order valence-corrected chi connectivity index (χ1v) is 4.21. The highest BCUT2D eigenvalue weighted by Crippen LogP contribution is 2.20. The van der Waals surface area contributed by atoms with Gasteiger partial charge in [-0.3, -0.25) is 14.9 Å². The van der Waals surface area contributed by atoms with Crippen LogP contribution in [0.3, 0.4) is 0 Å². The first-order chi connectivity index (χ1) is 6.35. The molecule has 0 spiro atoms. The summed E-state index contributed by atoms with van der Waals surface area (Å²) in [5.41, 5.74) is -1.10. The number of aliphatic carboxylic acids is 1. The van der Waals surface area contributed by atoms with Crippen LogP contribution >= 0.6 is 0 Å². The van der Waals surface area contributed by atoms with Crippen LogP contribution in [-0.2, 0) is 9.59 Å². The van der Waals surface area contributed by atoms with Crippen molar-refractivity contribution < 1.29 is 19.5 Å². The summed E-state index contributed by atoms with van der Waals surface area (Å²) >= 11 is 0. The Bertz CT molecular complexity index is 302. The summed E-state index contributed by atoms with van der Waals surface area (Å²) in [6.07, 6.45) is 0.0832. The second-order valence-corrected chi connectivity index (χ2v) is 3.68. The minimum absolute atomic E-state index is 0.0832. The quantitative estimate of drug-likeness (QED) is 0.545. The summed E-state index contributed by atoms with van der Waals surface area (Å²) in [6, 6.07) is -0.574. The Morgan fingerprint density at radius 3 is 2.50 bits per heavy atom. The molecule has 1 aliphatic rings. The average molecular weight is 200 g/mol. The van der Waals surface area contributed by atoms with Crippen molar-refractivity contribution in [3.05, 3.63) is 0 Å². The van der Waals surface area contributed by atoms with Gasteiger partial charge in [0.05, 0.1) is 5.92 Å². The molecule has 0 radical (unpaired) electrons. The number of hydrogen-bond acceptors (Lipinski definition) is 3. The fourth-order valence-electron chi connectivity index (χ4n) is 1.42. The molecular formula is C8H12N2O4. The number of imide groups is 1. The molecule has 1 saturated heterocycles. The minimum atomic E-state index is -1.10. The Morgan fingerprint density at radius 2 is 2.14 bits per heavy atom. The van der Waals surface area contributed by atoms with Gasteiger partial charge in [0.25, 0.3) is 5.91 Å². The zero-order chi connectivity index (χ0) is 10.9. The molecule has 0 aromatic carbocycles. The maximum atomic E-state index is 11.3. The molecular weight excluding hydrogens is 188 g/mol. The van der Waals surface area contributed by atoms with Gasteiger partial charge in [-0.25, -0.2) is 4.79 Å². The molecule has 3 amide bonds. The maximum absolute atomic E-state index is 11.3. The Hall–Kier alpha value is -1.59. The predicted molar refractivity (Wildman–Crippen MR) is 46.5 cm³/mol. The second kappa shape index (κ2) is 3.28. The fraction of sp³-hybridized carbons (Fsp3) is 0.625. The molecule has 1 aliphatic heterocycles. The van der Waals surface area contributed by atoms with Crippen molar-refractivity contribution in [1.82, 2.24) is 10.6 Å². The molecule has 2 atom stereocenters. The molecule has 6 heteroatoms. The third kappa shape index (κ3) is 1.84. The first kappa shape index (κ1) is 10.5. The van der Waals surface area contributed by atoms with E-state index in [0.717, 1.165) is 0 Å². The Morgan fingerprint density at radius 1 is 1.57 bits per heavy atom. The highest BCUT2D eigenvalue weighted by atomic mass is 16.4. The molecule has 14 heavy (non-hydrogen) atoms. The summed E-state index contributed by atoms with van der Waals surface area (Å²) < 4.78 is 0. The number of nitrogens with one attached hydrogen (secondary N) is 2. The summed E-state index contributed by atoms with van der Waals surface area (Å²) in [6.45, 7) is 3.00. The van der Waals surface area contributed by atoms with E-state index in [1.807, 2.05) is 0 Å². The highest BCUT2D eigenvalue weighted by molar-refractivity contribution is 6.06. The van der Waals surface area contributed by atoms with Crippen LogP contribution in [0.15, 0.2) is 0 Å². The van der Waals surface area contributed by atoms with Gasteiger partial charge in [0.15, 0.2) is 0 Å².